The molecule has 0 aliphatic carbocycles. The van der Waals surface area contributed by atoms with Crippen LogP contribution in [0.5, 0.6) is 5.75 Å². The van der Waals surface area contributed by atoms with Crippen molar-refractivity contribution in [1.29, 1.82) is 0 Å². The van der Waals surface area contributed by atoms with Gasteiger partial charge in [0, 0.05) is 13.0 Å². The van der Waals surface area contributed by atoms with Crippen molar-refractivity contribution in [2.45, 2.75) is 25.7 Å². The van der Waals surface area contributed by atoms with E-state index in [9.17, 15) is 8.78 Å². The zero-order valence-electron chi connectivity index (χ0n) is 10.6. The summed E-state index contributed by atoms with van der Waals surface area (Å²) in [4.78, 5) is 3.97. The number of anilines is 1. The van der Waals surface area contributed by atoms with E-state index in [0.717, 1.165) is 0 Å². The fourth-order valence-corrected chi connectivity index (χ4v) is 1.78. The minimum atomic E-state index is -2.84. The fraction of sp³-hybridized carbons (Fsp3) is 0.583. The summed E-state index contributed by atoms with van der Waals surface area (Å²) in [6.45, 7) is 0.869. The number of hydrogen-bond donors (Lipinski definition) is 1. The molecule has 1 fully saturated rings. The smallest absolute Gasteiger partial charge is 0.387 e. The molecule has 0 atom stereocenters. The normalized spacial score (nSPS) is 17.7. The average molecular weight is 274 g/mol. The highest BCUT2D eigenvalue weighted by atomic mass is 19.3. The monoisotopic (exact) mass is 274 g/mol. The zero-order chi connectivity index (χ0) is 13.7. The van der Waals surface area contributed by atoms with Crippen LogP contribution in [0.15, 0.2) is 18.3 Å². The largest absolute Gasteiger partial charge is 0.433 e. The lowest BCUT2D eigenvalue weighted by molar-refractivity contribution is -0.144. The number of nitrogens with one attached hydrogen (secondary N) is 1. The molecule has 0 saturated carbocycles. The summed E-state index contributed by atoms with van der Waals surface area (Å²) in [5.74, 6) is 0.0734. The molecule has 19 heavy (non-hydrogen) atoms. The van der Waals surface area contributed by atoms with Gasteiger partial charge in [0.1, 0.15) is 11.6 Å². The molecule has 0 bridgehead atoms. The second kappa shape index (κ2) is 6.12. The minimum absolute atomic E-state index is 0.0370. The highest BCUT2D eigenvalue weighted by molar-refractivity contribution is 5.37. The van der Waals surface area contributed by atoms with Gasteiger partial charge in [0.25, 0.3) is 0 Å². The Kier molecular flexibility index (Phi) is 4.49. The first-order valence-corrected chi connectivity index (χ1v) is 6.00. The van der Waals surface area contributed by atoms with E-state index < -0.39 is 12.4 Å². The van der Waals surface area contributed by atoms with E-state index in [4.69, 9.17) is 9.47 Å². The quantitative estimate of drug-likeness (QED) is 0.862. The van der Waals surface area contributed by atoms with E-state index in [1.807, 2.05) is 6.92 Å². The summed E-state index contributed by atoms with van der Waals surface area (Å²) in [7, 11) is 0. The molecule has 5 nitrogen and oxygen atoms in total. The van der Waals surface area contributed by atoms with E-state index >= 15 is 0 Å². The summed E-state index contributed by atoms with van der Waals surface area (Å²) < 4.78 is 39.0. The average Bonchev–Trinajstić information content (AvgIpc) is 2.78. The van der Waals surface area contributed by atoms with Crippen LogP contribution in [0.1, 0.15) is 13.3 Å². The Hall–Kier alpha value is -1.47. The van der Waals surface area contributed by atoms with Crippen molar-refractivity contribution >= 4 is 5.82 Å². The third-order valence-electron chi connectivity index (χ3n) is 2.74. The maximum absolute atomic E-state index is 11.9. The summed E-state index contributed by atoms with van der Waals surface area (Å²) >= 11 is 0. The number of alkyl halides is 2. The summed E-state index contributed by atoms with van der Waals surface area (Å²) in [6.07, 6.45) is 1.92. The summed E-state index contributed by atoms with van der Waals surface area (Å²) in [6, 6.07) is 3.02. The third-order valence-corrected chi connectivity index (χ3v) is 2.74. The van der Waals surface area contributed by atoms with Crippen LogP contribution in [-0.4, -0.2) is 37.1 Å². The Labute approximate surface area is 109 Å². The first-order valence-electron chi connectivity index (χ1n) is 6.00. The number of nitrogens with zero attached hydrogens (tertiary/aromatic N) is 1. The number of pyridine rings is 1. The van der Waals surface area contributed by atoms with Gasteiger partial charge in [-0.3, -0.25) is 0 Å². The van der Waals surface area contributed by atoms with Gasteiger partial charge in [0.2, 0.25) is 0 Å². The maximum atomic E-state index is 11.9. The lowest BCUT2D eigenvalue weighted by Crippen LogP contribution is -2.28. The number of halogens is 2. The van der Waals surface area contributed by atoms with Gasteiger partial charge in [0.15, 0.2) is 5.79 Å². The van der Waals surface area contributed by atoms with E-state index in [-0.39, 0.29) is 5.75 Å². The van der Waals surface area contributed by atoms with Gasteiger partial charge < -0.3 is 19.5 Å². The lowest BCUT2D eigenvalue weighted by Gasteiger charge is -2.22. The molecule has 0 unspecified atom stereocenters. The van der Waals surface area contributed by atoms with Crippen LogP contribution in [0.3, 0.4) is 0 Å². The predicted molar refractivity (Wildman–Crippen MR) is 64.3 cm³/mol. The molecule has 1 N–H and O–H groups in total. The van der Waals surface area contributed by atoms with Gasteiger partial charge in [-0.05, 0) is 19.1 Å². The minimum Gasteiger partial charge on any atom is -0.433 e. The van der Waals surface area contributed by atoms with Crippen LogP contribution in [0.4, 0.5) is 14.6 Å². The van der Waals surface area contributed by atoms with Crippen molar-refractivity contribution in [3.63, 3.8) is 0 Å². The van der Waals surface area contributed by atoms with Gasteiger partial charge in [-0.1, -0.05) is 0 Å². The molecule has 1 aromatic heterocycles. The summed E-state index contributed by atoms with van der Waals surface area (Å²) in [5.41, 5.74) is 0. The van der Waals surface area contributed by atoms with Gasteiger partial charge in [-0.2, -0.15) is 8.78 Å². The van der Waals surface area contributed by atoms with Crippen LogP contribution in [0.25, 0.3) is 0 Å². The molecular formula is C12H16F2N2O3. The van der Waals surface area contributed by atoms with Crippen LogP contribution in [0.2, 0.25) is 0 Å². The van der Waals surface area contributed by atoms with Gasteiger partial charge in [0.05, 0.1) is 19.4 Å². The number of ether oxygens (including phenoxy) is 3. The van der Waals surface area contributed by atoms with Crippen LogP contribution >= 0.6 is 0 Å². The van der Waals surface area contributed by atoms with E-state index in [1.165, 1.54) is 12.3 Å². The van der Waals surface area contributed by atoms with E-state index in [0.29, 0.717) is 32.0 Å². The fourth-order valence-electron chi connectivity index (χ4n) is 1.78. The Morgan fingerprint density at radius 3 is 2.74 bits per heavy atom. The highest BCUT2D eigenvalue weighted by Crippen LogP contribution is 2.22. The molecular weight excluding hydrogens is 258 g/mol. The maximum Gasteiger partial charge on any atom is 0.387 e. The molecule has 1 aromatic rings. The second-order valence-electron chi connectivity index (χ2n) is 4.27. The Morgan fingerprint density at radius 1 is 1.42 bits per heavy atom. The zero-order valence-corrected chi connectivity index (χ0v) is 10.6. The number of hydrogen-bond acceptors (Lipinski definition) is 5. The first-order chi connectivity index (χ1) is 9.07. The lowest BCUT2D eigenvalue weighted by atomic mass is 10.2. The van der Waals surface area contributed by atoms with Crippen molar-refractivity contribution in [3.05, 3.63) is 18.3 Å². The molecule has 106 valence electrons. The number of aromatic nitrogens is 1. The van der Waals surface area contributed by atoms with E-state index in [1.54, 1.807) is 6.07 Å². The molecule has 0 amide bonds. The second-order valence-corrected chi connectivity index (χ2v) is 4.27. The summed E-state index contributed by atoms with van der Waals surface area (Å²) in [5, 5.41) is 3.06. The molecule has 1 aliphatic rings. The van der Waals surface area contributed by atoms with Crippen molar-refractivity contribution in [2.75, 3.05) is 25.1 Å². The Morgan fingerprint density at radius 2 is 2.16 bits per heavy atom. The topological polar surface area (TPSA) is 52.6 Å². The highest BCUT2D eigenvalue weighted by Gasteiger charge is 2.30. The van der Waals surface area contributed by atoms with Gasteiger partial charge >= 0.3 is 6.61 Å². The SMILES string of the molecule is CC1(CCNc2ccc(OC(F)F)cn2)OCCO1. The van der Waals surface area contributed by atoms with Crippen LogP contribution < -0.4 is 10.1 Å². The molecule has 0 aromatic carbocycles. The van der Waals surface area contributed by atoms with Crippen molar-refractivity contribution in [3.8, 4) is 5.75 Å². The molecule has 2 heterocycles. The molecule has 0 radical (unpaired) electrons. The molecule has 2 rings (SSSR count). The first kappa shape index (κ1) is 14.0. The third kappa shape index (κ3) is 4.29. The van der Waals surface area contributed by atoms with Crippen molar-refractivity contribution in [1.82, 2.24) is 4.98 Å². The Bertz CT molecular complexity index is 394. The number of rotatable bonds is 6. The van der Waals surface area contributed by atoms with Gasteiger partial charge in [-0.15, -0.1) is 0 Å². The Balaban J connectivity index is 1.76. The standard InChI is InChI=1S/C12H16F2N2O3/c1-12(17-6-7-18-12)4-5-15-10-3-2-9(8-16-10)19-11(13)14/h2-3,8,11H,4-7H2,1H3,(H,15,16). The van der Waals surface area contributed by atoms with E-state index in [2.05, 4.69) is 15.0 Å². The molecule has 1 aliphatic heterocycles. The van der Waals surface area contributed by atoms with Crippen molar-refractivity contribution < 1.29 is 23.0 Å². The molecule has 1 saturated heterocycles. The van der Waals surface area contributed by atoms with Gasteiger partial charge in [-0.25, -0.2) is 4.98 Å². The molecule has 7 heteroatoms. The predicted octanol–water partition coefficient (Wildman–Crippen LogP) is 2.25. The van der Waals surface area contributed by atoms with Crippen LogP contribution in [0, 0.1) is 0 Å². The van der Waals surface area contributed by atoms with Crippen molar-refractivity contribution in [2.24, 2.45) is 0 Å². The molecule has 0 spiro atoms. The van der Waals surface area contributed by atoms with Crippen LogP contribution in [-0.2, 0) is 9.47 Å².